The lowest BCUT2D eigenvalue weighted by molar-refractivity contribution is 1.05. The Morgan fingerprint density at radius 1 is 1.14 bits per heavy atom. The molecule has 0 aliphatic rings. The molecule has 0 aliphatic carbocycles. The van der Waals surface area contributed by atoms with Crippen molar-refractivity contribution in [3.63, 3.8) is 0 Å². The van der Waals surface area contributed by atoms with Crippen LogP contribution in [0.1, 0.15) is 0 Å². The minimum atomic E-state index is 0.226. The lowest BCUT2D eigenvalue weighted by atomic mass is 10.2. The average molecular weight is 202 g/mol. The summed E-state index contributed by atoms with van der Waals surface area (Å²) in [6.07, 6.45) is 0. The maximum atomic E-state index is 5.47. The van der Waals surface area contributed by atoms with Gasteiger partial charge in [-0.2, -0.15) is 4.98 Å². The molecule has 3 rings (SSSR count). The van der Waals surface area contributed by atoms with Crippen molar-refractivity contribution in [2.45, 2.75) is 0 Å². The average Bonchev–Trinajstić information content (AvgIpc) is 2.54. The zero-order valence-corrected chi connectivity index (χ0v) is 7.95. The summed E-state index contributed by atoms with van der Waals surface area (Å²) in [4.78, 5) is 4.98. The predicted molar refractivity (Wildman–Crippen MR) is 57.1 cm³/mol. The molecule has 68 valence electrons. The van der Waals surface area contributed by atoms with Crippen LogP contribution in [-0.4, -0.2) is 15.2 Å². The van der Waals surface area contributed by atoms with Gasteiger partial charge in [0, 0.05) is 10.1 Å². The molecule has 0 spiro atoms. The van der Waals surface area contributed by atoms with Crippen molar-refractivity contribution in [1.82, 2.24) is 15.2 Å². The Kier molecular flexibility index (Phi) is 1.43. The van der Waals surface area contributed by atoms with E-state index in [1.54, 1.807) is 11.3 Å². The number of thiophene rings is 1. The zero-order chi connectivity index (χ0) is 9.54. The summed E-state index contributed by atoms with van der Waals surface area (Å²) < 4.78 is 1.16. The van der Waals surface area contributed by atoms with E-state index in [1.807, 2.05) is 24.3 Å². The van der Waals surface area contributed by atoms with E-state index in [0.29, 0.717) is 0 Å². The summed E-state index contributed by atoms with van der Waals surface area (Å²) in [5.41, 5.74) is 6.30. The van der Waals surface area contributed by atoms with E-state index in [4.69, 9.17) is 5.73 Å². The van der Waals surface area contributed by atoms with Crippen LogP contribution < -0.4 is 5.73 Å². The van der Waals surface area contributed by atoms with Gasteiger partial charge in [-0.3, -0.25) is 0 Å². The number of nitrogens with zero attached hydrogens (tertiary/aromatic N) is 3. The van der Waals surface area contributed by atoms with Gasteiger partial charge in [0.2, 0.25) is 5.95 Å². The second-order valence-corrected chi connectivity index (χ2v) is 3.95. The minimum absolute atomic E-state index is 0.226. The highest BCUT2D eigenvalue weighted by Gasteiger charge is 2.07. The fraction of sp³-hybridized carbons (Fsp3) is 0. The molecular formula is C9H6N4S. The Labute approximate surface area is 83.4 Å². The first kappa shape index (κ1) is 7.64. The number of nitrogen functional groups attached to an aromatic ring is 1. The number of rotatable bonds is 0. The summed E-state index contributed by atoms with van der Waals surface area (Å²) >= 11 is 1.58. The van der Waals surface area contributed by atoms with Crippen molar-refractivity contribution >= 4 is 37.7 Å². The van der Waals surface area contributed by atoms with Gasteiger partial charge in [0.1, 0.15) is 10.3 Å². The van der Waals surface area contributed by atoms with Crippen LogP contribution in [-0.2, 0) is 0 Å². The smallest absolute Gasteiger partial charge is 0.241 e. The number of nitrogens with two attached hydrogens (primary N) is 1. The molecule has 0 saturated heterocycles. The van der Waals surface area contributed by atoms with Gasteiger partial charge in [-0.15, -0.1) is 21.5 Å². The molecule has 0 unspecified atom stereocenters. The second kappa shape index (κ2) is 2.62. The molecule has 0 atom stereocenters. The van der Waals surface area contributed by atoms with Gasteiger partial charge < -0.3 is 5.73 Å². The molecule has 5 heteroatoms. The third-order valence-electron chi connectivity index (χ3n) is 2.02. The number of anilines is 1. The molecule has 0 aliphatic heterocycles. The van der Waals surface area contributed by atoms with E-state index in [-0.39, 0.29) is 5.95 Å². The molecule has 4 nitrogen and oxygen atoms in total. The highest BCUT2D eigenvalue weighted by molar-refractivity contribution is 7.25. The van der Waals surface area contributed by atoms with Crippen LogP contribution in [0.25, 0.3) is 20.4 Å². The van der Waals surface area contributed by atoms with Gasteiger partial charge >= 0.3 is 0 Å². The minimum Gasteiger partial charge on any atom is -0.366 e. The molecule has 0 radical (unpaired) electrons. The van der Waals surface area contributed by atoms with E-state index in [1.165, 1.54) is 0 Å². The highest BCUT2D eigenvalue weighted by Crippen LogP contribution is 2.30. The summed E-state index contributed by atoms with van der Waals surface area (Å²) in [6, 6.07) is 8.03. The first-order valence-corrected chi connectivity index (χ1v) is 4.94. The Morgan fingerprint density at radius 2 is 2.00 bits per heavy atom. The fourth-order valence-corrected chi connectivity index (χ4v) is 2.44. The van der Waals surface area contributed by atoms with Crippen LogP contribution in [0.5, 0.6) is 0 Å². The zero-order valence-electron chi connectivity index (χ0n) is 7.14. The van der Waals surface area contributed by atoms with Crippen LogP contribution >= 0.6 is 11.3 Å². The predicted octanol–water partition coefficient (Wildman–Crippen LogP) is 1.82. The van der Waals surface area contributed by atoms with Gasteiger partial charge in [0.25, 0.3) is 0 Å². The molecule has 1 aromatic carbocycles. The van der Waals surface area contributed by atoms with Crippen LogP contribution in [0.2, 0.25) is 0 Å². The molecule has 2 heterocycles. The van der Waals surface area contributed by atoms with E-state index in [0.717, 1.165) is 20.4 Å². The number of benzene rings is 1. The molecule has 2 aromatic heterocycles. The van der Waals surface area contributed by atoms with Crippen molar-refractivity contribution in [1.29, 1.82) is 0 Å². The number of hydrogen-bond donors (Lipinski definition) is 1. The van der Waals surface area contributed by atoms with E-state index >= 15 is 0 Å². The molecule has 0 saturated carbocycles. The lowest BCUT2D eigenvalue weighted by Crippen LogP contribution is -1.95. The topological polar surface area (TPSA) is 64.7 Å². The molecule has 0 bridgehead atoms. The van der Waals surface area contributed by atoms with Crippen LogP contribution in [0.15, 0.2) is 24.3 Å². The second-order valence-electron chi connectivity index (χ2n) is 2.92. The summed E-state index contributed by atoms with van der Waals surface area (Å²) in [6.45, 7) is 0. The van der Waals surface area contributed by atoms with Gasteiger partial charge in [-0.25, -0.2) is 0 Å². The lowest BCUT2D eigenvalue weighted by Gasteiger charge is -1.89. The van der Waals surface area contributed by atoms with Gasteiger partial charge in [-0.1, -0.05) is 18.2 Å². The quantitative estimate of drug-likeness (QED) is 0.604. The number of fused-ring (bicyclic) bond motifs is 3. The molecule has 14 heavy (non-hydrogen) atoms. The molecule has 2 N–H and O–H groups in total. The highest BCUT2D eigenvalue weighted by atomic mass is 32.1. The summed E-state index contributed by atoms with van der Waals surface area (Å²) in [5, 5.41) is 8.89. The van der Waals surface area contributed by atoms with E-state index in [9.17, 15) is 0 Å². The third kappa shape index (κ3) is 0.958. The van der Waals surface area contributed by atoms with E-state index in [2.05, 4.69) is 15.2 Å². The normalized spacial score (nSPS) is 11.1. The van der Waals surface area contributed by atoms with Crippen molar-refractivity contribution < 1.29 is 0 Å². The Morgan fingerprint density at radius 3 is 2.93 bits per heavy atom. The third-order valence-corrected chi connectivity index (χ3v) is 3.07. The van der Waals surface area contributed by atoms with Crippen LogP contribution in [0.3, 0.4) is 0 Å². The first-order valence-electron chi connectivity index (χ1n) is 4.12. The number of aromatic nitrogens is 3. The van der Waals surface area contributed by atoms with Crippen LogP contribution in [0, 0.1) is 0 Å². The van der Waals surface area contributed by atoms with Gasteiger partial charge in [0.05, 0.1) is 0 Å². The molecule has 3 aromatic rings. The fourth-order valence-electron chi connectivity index (χ4n) is 1.42. The van der Waals surface area contributed by atoms with E-state index < -0.39 is 0 Å². The maximum absolute atomic E-state index is 5.47. The Balaban J connectivity index is 2.57. The van der Waals surface area contributed by atoms with Crippen LogP contribution in [0.4, 0.5) is 5.95 Å². The van der Waals surface area contributed by atoms with Gasteiger partial charge in [0.15, 0.2) is 0 Å². The summed E-state index contributed by atoms with van der Waals surface area (Å²) in [5.74, 6) is 0.226. The number of hydrogen-bond acceptors (Lipinski definition) is 5. The molecule has 0 amide bonds. The monoisotopic (exact) mass is 202 g/mol. The Hall–Kier alpha value is -1.75. The molecule has 0 fully saturated rings. The standard InChI is InChI=1S/C9H6N4S/c10-9-11-8-7(12-13-9)5-3-1-2-4-6(5)14-8/h1-4H,(H2,10,11,13). The first-order chi connectivity index (χ1) is 6.84. The maximum Gasteiger partial charge on any atom is 0.241 e. The summed E-state index contributed by atoms with van der Waals surface area (Å²) in [7, 11) is 0. The Bertz CT molecular complexity index is 616. The van der Waals surface area contributed by atoms with Crippen molar-refractivity contribution in [2.75, 3.05) is 5.73 Å². The van der Waals surface area contributed by atoms with Crippen molar-refractivity contribution in [2.24, 2.45) is 0 Å². The van der Waals surface area contributed by atoms with Crippen molar-refractivity contribution in [3.05, 3.63) is 24.3 Å². The van der Waals surface area contributed by atoms with Gasteiger partial charge in [-0.05, 0) is 6.07 Å². The SMILES string of the molecule is Nc1nnc2c(n1)sc1ccccc12. The largest absolute Gasteiger partial charge is 0.366 e. The van der Waals surface area contributed by atoms with Crippen molar-refractivity contribution in [3.8, 4) is 0 Å². The molecular weight excluding hydrogens is 196 g/mol.